The molecule has 1 aromatic heterocycles. The lowest BCUT2D eigenvalue weighted by molar-refractivity contribution is -0.153. The molecule has 0 radical (unpaired) electrons. The van der Waals surface area contributed by atoms with E-state index in [9.17, 15) is 4.79 Å². The summed E-state index contributed by atoms with van der Waals surface area (Å²) in [5.74, 6) is -0.196. The summed E-state index contributed by atoms with van der Waals surface area (Å²) in [5.41, 5.74) is 1.63. The van der Waals surface area contributed by atoms with Crippen molar-refractivity contribution in [3.05, 3.63) is 30.0 Å². The van der Waals surface area contributed by atoms with Crippen LogP contribution in [0.15, 0.2) is 24.4 Å². The number of carbonyl (C=O) groups is 1. The zero-order valence-electron chi connectivity index (χ0n) is 12.6. The maximum absolute atomic E-state index is 11.8. The molecule has 0 amide bonds. The van der Waals surface area contributed by atoms with Crippen LogP contribution in [-0.2, 0) is 22.5 Å². The molecule has 1 heterocycles. The van der Waals surface area contributed by atoms with E-state index in [-0.39, 0.29) is 5.97 Å². The van der Waals surface area contributed by atoms with E-state index in [1.165, 1.54) is 0 Å². The highest BCUT2D eigenvalue weighted by Gasteiger charge is 2.16. The Morgan fingerprint density at radius 1 is 1.35 bits per heavy atom. The van der Waals surface area contributed by atoms with Crippen molar-refractivity contribution in [2.45, 2.75) is 52.7 Å². The fourth-order valence-corrected chi connectivity index (χ4v) is 2.18. The molecule has 0 aliphatic rings. The number of nitrogens with zero attached hydrogens (tertiary/aromatic N) is 2. The van der Waals surface area contributed by atoms with Crippen LogP contribution in [0.25, 0.3) is 10.9 Å². The number of hydrogen-bond acceptors (Lipinski definition) is 3. The molecule has 0 saturated carbocycles. The molecule has 20 heavy (non-hydrogen) atoms. The Labute approximate surface area is 119 Å². The average molecular weight is 274 g/mol. The Morgan fingerprint density at radius 2 is 2.10 bits per heavy atom. The van der Waals surface area contributed by atoms with Crippen molar-refractivity contribution in [2.24, 2.45) is 0 Å². The third kappa shape index (κ3) is 3.59. The van der Waals surface area contributed by atoms with E-state index in [1.54, 1.807) is 0 Å². The van der Waals surface area contributed by atoms with Gasteiger partial charge in [0.15, 0.2) is 0 Å². The largest absolute Gasteiger partial charge is 0.460 e. The van der Waals surface area contributed by atoms with E-state index in [1.807, 2.05) is 49.8 Å². The van der Waals surface area contributed by atoms with Gasteiger partial charge in [-0.2, -0.15) is 5.10 Å². The zero-order valence-corrected chi connectivity index (χ0v) is 12.6. The summed E-state index contributed by atoms with van der Waals surface area (Å²) < 4.78 is 7.33. The number of esters is 1. The quantitative estimate of drug-likeness (QED) is 0.803. The lowest BCUT2D eigenvalue weighted by atomic mass is 10.1. The normalized spacial score (nSPS) is 11.8. The van der Waals surface area contributed by atoms with Crippen LogP contribution in [-0.4, -0.2) is 21.4 Å². The van der Waals surface area contributed by atoms with E-state index < -0.39 is 5.60 Å². The van der Waals surface area contributed by atoms with Crippen molar-refractivity contribution < 1.29 is 9.53 Å². The molecule has 0 aliphatic heterocycles. The second-order valence-corrected chi connectivity index (χ2v) is 6.02. The van der Waals surface area contributed by atoms with Gasteiger partial charge in [-0.3, -0.25) is 9.48 Å². The molecule has 2 rings (SSSR count). The van der Waals surface area contributed by atoms with Crippen molar-refractivity contribution in [2.75, 3.05) is 0 Å². The van der Waals surface area contributed by atoms with E-state index in [2.05, 4.69) is 12.0 Å². The second-order valence-electron chi connectivity index (χ2n) is 6.02. The van der Waals surface area contributed by atoms with E-state index in [0.29, 0.717) is 6.42 Å². The van der Waals surface area contributed by atoms with E-state index >= 15 is 0 Å². The summed E-state index contributed by atoms with van der Waals surface area (Å²) >= 11 is 0. The highest BCUT2D eigenvalue weighted by atomic mass is 16.6. The van der Waals surface area contributed by atoms with Crippen LogP contribution in [0.1, 0.15) is 39.7 Å². The van der Waals surface area contributed by atoms with Gasteiger partial charge in [-0.1, -0.05) is 13.0 Å². The molecule has 4 heteroatoms. The number of hydrogen-bond donors (Lipinski definition) is 0. The zero-order chi connectivity index (χ0) is 14.8. The molecule has 0 atom stereocenters. The number of rotatable bonds is 4. The number of fused-ring (bicyclic) bond motifs is 1. The van der Waals surface area contributed by atoms with Crippen LogP contribution in [0.5, 0.6) is 0 Å². The molecule has 0 N–H and O–H groups in total. The summed E-state index contributed by atoms with van der Waals surface area (Å²) in [7, 11) is 0. The van der Waals surface area contributed by atoms with Crippen molar-refractivity contribution in [3.8, 4) is 0 Å². The summed E-state index contributed by atoms with van der Waals surface area (Å²) in [6.07, 6.45) is 3.20. The Kier molecular flexibility index (Phi) is 4.12. The number of carbonyl (C=O) groups excluding carboxylic acids is 1. The van der Waals surface area contributed by atoms with Crippen molar-refractivity contribution in [3.63, 3.8) is 0 Å². The van der Waals surface area contributed by atoms with Gasteiger partial charge in [0, 0.05) is 11.9 Å². The fourth-order valence-electron chi connectivity index (χ4n) is 2.18. The van der Waals surface area contributed by atoms with Gasteiger partial charge in [0.2, 0.25) is 0 Å². The monoisotopic (exact) mass is 274 g/mol. The van der Waals surface area contributed by atoms with Crippen LogP contribution < -0.4 is 0 Å². The fraction of sp³-hybridized carbons (Fsp3) is 0.500. The first-order valence-corrected chi connectivity index (χ1v) is 7.05. The van der Waals surface area contributed by atoms with Gasteiger partial charge in [0.05, 0.1) is 18.1 Å². The van der Waals surface area contributed by atoms with Gasteiger partial charge in [0.25, 0.3) is 0 Å². The van der Waals surface area contributed by atoms with Crippen LogP contribution in [0, 0.1) is 0 Å². The second kappa shape index (κ2) is 5.65. The standard InChI is InChI=1S/C16H22N2O2/c1-5-8-18-14-7-6-12(9-13(14)11-17-18)10-15(19)20-16(2,3)4/h6-7,9,11H,5,8,10H2,1-4H3. The lowest BCUT2D eigenvalue weighted by Gasteiger charge is -2.19. The Balaban J connectivity index is 2.14. The highest BCUT2D eigenvalue weighted by molar-refractivity contribution is 5.81. The van der Waals surface area contributed by atoms with Gasteiger partial charge in [-0.05, 0) is 44.9 Å². The maximum atomic E-state index is 11.8. The van der Waals surface area contributed by atoms with Crippen LogP contribution in [0.4, 0.5) is 0 Å². The SMILES string of the molecule is CCCn1ncc2cc(CC(=O)OC(C)(C)C)ccc21. The molecule has 0 fully saturated rings. The minimum atomic E-state index is -0.437. The van der Waals surface area contributed by atoms with Gasteiger partial charge >= 0.3 is 5.97 Å². The highest BCUT2D eigenvalue weighted by Crippen LogP contribution is 2.17. The molecular formula is C16H22N2O2. The van der Waals surface area contributed by atoms with Crippen molar-refractivity contribution in [1.29, 1.82) is 0 Å². The molecule has 0 saturated heterocycles. The molecule has 0 spiro atoms. The topological polar surface area (TPSA) is 44.1 Å². The molecule has 0 bridgehead atoms. The first-order valence-electron chi connectivity index (χ1n) is 7.05. The minimum Gasteiger partial charge on any atom is -0.460 e. The Bertz CT molecular complexity index is 608. The van der Waals surface area contributed by atoms with Crippen LogP contribution >= 0.6 is 0 Å². The van der Waals surface area contributed by atoms with Gasteiger partial charge in [0.1, 0.15) is 5.60 Å². The average Bonchev–Trinajstić information content (AvgIpc) is 2.70. The van der Waals surface area contributed by atoms with E-state index in [0.717, 1.165) is 29.4 Å². The molecule has 108 valence electrons. The third-order valence-corrected chi connectivity index (χ3v) is 2.91. The number of ether oxygens (including phenoxy) is 1. The third-order valence-electron chi connectivity index (χ3n) is 2.91. The minimum absolute atomic E-state index is 0.196. The first kappa shape index (κ1) is 14.6. The number of aryl methyl sites for hydroxylation is 1. The van der Waals surface area contributed by atoms with Crippen LogP contribution in [0.3, 0.4) is 0 Å². The number of aromatic nitrogens is 2. The summed E-state index contributed by atoms with van der Waals surface area (Å²) in [6, 6.07) is 6.01. The summed E-state index contributed by atoms with van der Waals surface area (Å²) in [4.78, 5) is 11.8. The first-order chi connectivity index (χ1) is 9.39. The molecule has 2 aromatic rings. The predicted octanol–water partition coefficient (Wildman–Crippen LogP) is 3.33. The maximum Gasteiger partial charge on any atom is 0.310 e. The Morgan fingerprint density at radius 3 is 2.75 bits per heavy atom. The smallest absolute Gasteiger partial charge is 0.310 e. The molecule has 0 aliphatic carbocycles. The van der Waals surface area contributed by atoms with Crippen molar-refractivity contribution in [1.82, 2.24) is 9.78 Å². The number of benzene rings is 1. The predicted molar refractivity (Wildman–Crippen MR) is 79.6 cm³/mol. The van der Waals surface area contributed by atoms with Crippen molar-refractivity contribution >= 4 is 16.9 Å². The Hall–Kier alpha value is -1.84. The van der Waals surface area contributed by atoms with Gasteiger partial charge < -0.3 is 4.74 Å². The van der Waals surface area contributed by atoms with E-state index in [4.69, 9.17) is 4.74 Å². The molecule has 4 nitrogen and oxygen atoms in total. The lowest BCUT2D eigenvalue weighted by Crippen LogP contribution is -2.24. The van der Waals surface area contributed by atoms with Gasteiger partial charge in [-0.25, -0.2) is 0 Å². The summed E-state index contributed by atoms with van der Waals surface area (Å²) in [6.45, 7) is 8.67. The van der Waals surface area contributed by atoms with Crippen LogP contribution in [0.2, 0.25) is 0 Å². The molecule has 1 aromatic carbocycles. The summed E-state index contributed by atoms with van der Waals surface area (Å²) in [5, 5.41) is 5.43. The molecule has 0 unspecified atom stereocenters. The molecular weight excluding hydrogens is 252 g/mol. The van der Waals surface area contributed by atoms with Gasteiger partial charge in [-0.15, -0.1) is 0 Å².